The van der Waals surface area contributed by atoms with Gasteiger partial charge in [-0.1, -0.05) is 23.2 Å². The number of ether oxygens (including phenoxy) is 1. The molecule has 0 saturated carbocycles. The van der Waals surface area contributed by atoms with Crippen LogP contribution in [0.3, 0.4) is 0 Å². The second-order valence-corrected chi connectivity index (χ2v) is 7.99. The van der Waals surface area contributed by atoms with Crippen LogP contribution < -0.4 is 0 Å². The van der Waals surface area contributed by atoms with Crippen LogP contribution in [0.15, 0.2) is 17.0 Å². The minimum Gasteiger partial charge on any atom is -0.456 e. The zero-order valence-electron chi connectivity index (χ0n) is 10.3. The Hall–Kier alpha value is -0.490. The van der Waals surface area contributed by atoms with E-state index in [-0.39, 0.29) is 20.5 Å². The van der Waals surface area contributed by atoms with Crippen molar-refractivity contribution in [2.24, 2.45) is 0 Å². The molecule has 0 fully saturated rings. The van der Waals surface area contributed by atoms with Gasteiger partial charge in [0.1, 0.15) is 10.5 Å². The van der Waals surface area contributed by atoms with Crippen LogP contribution in [0.4, 0.5) is 0 Å². The normalized spacial score (nSPS) is 12.3. The molecule has 106 valence electrons. The van der Waals surface area contributed by atoms with Crippen molar-refractivity contribution in [2.45, 2.75) is 31.3 Å². The highest BCUT2D eigenvalue weighted by Crippen LogP contribution is 2.33. The minimum atomic E-state index is -4.08. The van der Waals surface area contributed by atoms with Gasteiger partial charge >= 0.3 is 5.97 Å². The number of hydrogen-bond acceptors (Lipinski definition) is 4. The van der Waals surface area contributed by atoms with E-state index >= 15 is 0 Å². The van der Waals surface area contributed by atoms with E-state index in [1.54, 1.807) is 20.8 Å². The maximum Gasteiger partial charge on any atom is 0.341 e. The van der Waals surface area contributed by atoms with E-state index in [9.17, 15) is 13.2 Å². The number of rotatable bonds is 2. The lowest BCUT2D eigenvalue weighted by Crippen LogP contribution is -2.24. The molecular formula is C11H11Cl3O4S. The first-order valence-corrected chi connectivity index (χ1v) is 8.16. The lowest BCUT2D eigenvalue weighted by atomic mass is 10.1. The minimum absolute atomic E-state index is 0.0108. The first-order chi connectivity index (χ1) is 8.43. The van der Waals surface area contributed by atoms with E-state index in [0.29, 0.717) is 0 Å². The van der Waals surface area contributed by atoms with Gasteiger partial charge in [0.05, 0.1) is 15.6 Å². The summed E-state index contributed by atoms with van der Waals surface area (Å²) in [5.41, 5.74) is -0.987. The number of halogens is 3. The molecule has 0 amide bonds. The molecule has 0 aliphatic heterocycles. The largest absolute Gasteiger partial charge is 0.456 e. The Morgan fingerprint density at radius 1 is 1.21 bits per heavy atom. The zero-order chi connectivity index (χ0) is 15.0. The predicted molar refractivity (Wildman–Crippen MR) is 74.7 cm³/mol. The Labute approximate surface area is 126 Å². The van der Waals surface area contributed by atoms with Crippen molar-refractivity contribution in [1.82, 2.24) is 0 Å². The summed E-state index contributed by atoms with van der Waals surface area (Å²) in [4.78, 5) is 11.6. The Morgan fingerprint density at radius 2 is 1.74 bits per heavy atom. The van der Waals surface area contributed by atoms with Crippen LogP contribution >= 0.6 is 33.9 Å². The van der Waals surface area contributed by atoms with Crippen LogP contribution in [0.5, 0.6) is 0 Å². The molecule has 4 nitrogen and oxygen atoms in total. The van der Waals surface area contributed by atoms with Gasteiger partial charge in [-0.3, -0.25) is 0 Å². The SMILES string of the molecule is CC(C)(C)OC(=O)c1c(Cl)ccc(S(=O)(=O)Cl)c1Cl. The summed E-state index contributed by atoms with van der Waals surface area (Å²) < 4.78 is 27.7. The maximum absolute atomic E-state index is 12.0. The van der Waals surface area contributed by atoms with Crippen molar-refractivity contribution < 1.29 is 17.9 Å². The fourth-order valence-corrected chi connectivity index (χ4v) is 3.12. The third kappa shape index (κ3) is 4.24. The van der Waals surface area contributed by atoms with Gasteiger partial charge in [0, 0.05) is 10.7 Å². The Morgan fingerprint density at radius 3 is 2.16 bits per heavy atom. The van der Waals surface area contributed by atoms with Gasteiger partial charge in [-0.25, -0.2) is 13.2 Å². The van der Waals surface area contributed by atoms with Crippen LogP contribution in [0.1, 0.15) is 31.1 Å². The lowest BCUT2D eigenvalue weighted by Gasteiger charge is -2.20. The molecule has 0 atom stereocenters. The molecule has 1 aromatic carbocycles. The molecule has 0 heterocycles. The molecule has 0 aliphatic rings. The summed E-state index contributed by atoms with van der Waals surface area (Å²) in [6.45, 7) is 4.98. The van der Waals surface area contributed by atoms with Crippen molar-refractivity contribution >= 4 is 48.9 Å². The smallest absolute Gasteiger partial charge is 0.341 e. The molecule has 0 unspecified atom stereocenters. The third-order valence-electron chi connectivity index (χ3n) is 1.92. The van der Waals surface area contributed by atoms with Gasteiger partial charge in [-0.15, -0.1) is 0 Å². The average Bonchev–Trinajstić information content (AvgIpc) is 2.11. The summed E-state index contributed by atoms with van der Waals surface area (Å²) >= 11 is 11.7. The second kappa shape index (κ2) is 5.48. The van der Waals surface area contributed by atoms with E-state index in [1.807, 2.05) is 0 Å². The molecule has 0 spiro atoms. The molecule has 0 bridgehead atoms. The second-order valence-electron chi connectivity index (χ2n) is 4.67. The maximum atomic E-state index is 12.0. The van der Waals surface area contributed by atoms with Crippen LogP contribution in [-0.4, -0.2) is 20.0 Å². The molecule has 0 radical (unpaired) electrons. The Kier molecular flexibility index (Phi) is 4.78. The highest BCUT2D eigenvalue weighted by atomic mass is 35.7. The Bertz CT molecular complexity index is 618. The van der Waals surface area contributed by atoms with Crippen LogP contribution in [0, 0.1) is 0 Å². The number of esters is 1. The summed E-state index contributed by atoms with van der Waals surface area (Å²) in [6.07, 6.45) is 0. The number of hydrogen-bond donors (Lipinski definition) is 0. The van der Waals surface area contributed by atoms with Crippen molar-refractivity contribution in [1.29, 1.82) is 0 Å². The quantitative estimate of drug-likeness (QED) is 0.603. The molecule has 0 saturated heterocycles. The lowest BCUT2D eigenvalue weighted by molar-refractivity contribution is 0.00697. The number of carbonyl (C=O) groups excluding carboxylic acids is 1. The molecule has 8 heteroatoms. The summed E-state index contributed by atoms with van der Waals surface area (Å²) in [6, 6.07) is 2.35. The predicted octanol–water partition coefficient (Wildman–Crippen LogP) is 3.88. The van der Waals surface area contributed by atoms with Gasteiger partial charge in [-0.2, -0.15) is 0 Å². The monoisotopic (exact) mass is 344 g/mol. The topological polar surface area (TPSA) is 60.4 Å². The van der Waals surface area contributed by atoms with E-state index in [0.717, 1.165) is 6.07 Å². The highest BCUT2D eigenvalue weighted by molar-refractivity contribution is 8.13. The van der Waals surface area contributed by atoms with Gasteiger partial charge in [0.15, 0.2) is 0 Å². The van der Waals surface area contributed by atoms with Crippen molar-refractivity contribution in [2.75, 3.05) is 0 Å². The fraction of sp³-hybridized carbons (Fsp3) is 0.364. The van der Waals surface area contributed by atoms with Crippen molar-refractivity contribution in [3.63, 3.8) is 0 Å². The standard InChI is InChI=1S/C11H11Cl3O4S/c1-11(2,3)18-10(15)8-6(12)4-5-7(9(8)13)19(14,16)17/h4-5H,1-3H3. The highest BCUT2D eigenvalue weighted by Gasteiger charge is 2.27. The number of benzene rings is 1. The van der Waals surface area contributed by atoms with E-state index in [4.69, 9.17) is 38.6 Å². The van der Waals surface area contributed by atoms with E-state index in [2.05, 4.69) is 0 Å². The molecule has 1 aromatic rings. The average molecular weight is 346 g/mol. The summed E-state index contributed by atoms with van der Waals surface area (Å²) in [7, 11) is 1.14. The molecule has 0 aromatic heterocycles. The Balaban J connectivity index is 3.40. The molecule has 0 N–H and O–H groups in total. The van der Waals surface area contributed by atoms with Gasteiger partial charge < -0.3 is 4.74 Å². The molecule has 1 rings (SSSR count). The van der Waals surface area contributed by atoms with Crippen molar-refractivity contribution in [3.05, 3.63) is 27.7 Å². The van der Waals surface area contributed by atoms with Gasteiger partial charge in [-0.05, 0) is 32.9 Å². The number of carbonyl (C=O) groups is 1. The van der Waals surface area contributed by atoms with E-state index < -0.39 is 20.6 Å². The van der Waals surface area contributed by atoms with Gasteiger partial charge in [0.25, 0.3) is 9.05 Å². The summed E-state index contributed by atoms with van der Waals surface area (Å²) in [5, 5.41) is -0.361. The third-order valence-corrected chi connectivity index (χ3v) is 4.11. The molecular weight excluding hydrogens is 335 g/mol. The first kappa shape index (κ1) is 16.6. The van der Waals surface area contributed by atoms with Crippen molar-refractivity contribution in [3.8, 4) is 0 Å². The molecule has 19 heavy (non-hydrogen) atoms. The van der Waals surface area contributed by atoms with Gasteiger partial charge in [0.2, 0.25) is 0 Å². The van der Waals surface area contributed by atoms with Crippen LogP contribution in [0.2, 0.25) is 10.0 Å². The summed E-state index contributed by atoms with van der Waals surface area (Å²) in [5.74, 6) is -0.815. The first-order valence-electron chi connectivity index (χ1n) is 5.09. The van der Waals surface area contributed by atoms with Crippen LogP contribution in [0.25, 0.3) is 0 Å². The fourth-order valence-electron chi connectivity index (χ4n) is 1.24. The zero-order valence-corrected chi connectivity index (χ0v) is 13.4. The van der Waals surface area contributed by atoms with Crippen LogP contribution in [-0.2, 0) is 13.8 Å². The van der Waals surface area contributed by atoms with E-state index in [1.165, 1.54) is 6.07 Å². The molecule has 0 aliphatic carbocycles.